The molecule has 0 amide bonds. The highest BCUT2D eigenvalue weighted by molar-refractivity contribution is 7.20. The molecule has 0 fully saturated rings. The Morgan fingerprint density at radius 3 is 0.977 bits per heavy atom. The summed E-state index contributed by atoms with van der Waals surface area (Å²) in [4.78, 5) is 0. The molecule has 0 aromatic heterocycles. The molecule has 410 valence electrons. The maximum atomic E-state index is 2.50. The molecular weight excluding hydrogens is 1080 g/mol. The summed E-state index contributed by atoms with van der Waals surface area (Å²) in [6.45, 7) is 4.76. The first kappa shape index (κ1) is 52.3. The smallest absolute Gasteiger partial charge is 0.0623 e. The highest BCUT2D eigenvalue weighted by atomic mass is 28.3. The van der Waals surface area contributed by atoms with Crippen LogP contribution in [-0.2, 0) is 5.41 Å². The molecule has 0 N–H and O–H groups in total. The first-order valence-corrected chi connectivity index (χ1v) is 34.5. The summed E-state index contributed by atoms with van der Waals surface area (Å²) in [7, 11) is -5.49. The molecule has 16 rings (SSSR count). The van der Waals surface area contributed by atoms with Crippen LogP contribution in [0.3, 0.4) is 0 Å². The van der Waals surface area contributed by atoms with Crippen molar-refractivity contribution in [2.24, 2.45) is 0 Å². The average Bonchev–Trinajstić information content (AvgIpc) is 1.31. The number of fused-ring (bicyclic) bond motifs is 7. The molecule has 0 unspecified atom stereocenters. The third-order valence-corrected chi connectivity index (χ3v) is 28.9. The van der Waals surface area contributed by atoms with E-state index in [1.165, 1.54) is 140 Å². The molecule has 0 aliphatic heterocycles. The molecule has 2 heteroatoms. The van der Waals surface area contributed by atoms with Gasteiger partial charge >= 0.3 is 0 Å². The molecule has 0 radical (unpaired) electrons. The van der Waals surface area contributed by atoms with Crippen molar-refractivity contribution in [2.75, 3.05) is 0 Å². The molecule has 0 saturated carbocycles. The van der Waals surface area contributed by atoms with Gasteiger partial charge in [0.2, 0.25) is 0 Å². The van der Waals surface area contributed by atoms with E-state index in [4.69, 9.17) is 0 Å². The second-order valence-corrected chi connectivity index (χ2v) is 31.9. The van der Waals surface area contributed by atoms with E-state index >= 15 is 0 Å². The molecule has 0 heterocycles. The molecule has 15 aromatic rings. The van der Waals surface area contributed by atoms with E-state index < -0.39 is 16.1 Å². The van der Waals surface area contributed by atoms with Crippen molar-refractivity contribution < 1.29 is 0 Å². The van der Waals surface area contributed by atoms with Gasteiger partial charge in [-0.25, -0.2) is 0 Å². The van der Waals surface area contributed by atoms with Crippen LogP contribution in [0.1, 0.15) is 25.0 Å². The zero-order valence-corrected chi connectivity index (χ0v) is 50.8. The minimum atomic E-state index is -2.75. The number of hydrogen-bond donors (Lipinski definition) is 0. The van der Waals surface area contributed by atoms with Crippen LogP contribution in [0.15, 0.2) is 340 Å². The maximum absolute atomic E-state index is 2.75. The largest absolute Gasteiger partial charge is 0.179 e. The van der Waals surface area contributed by atoms with E-state index in [1.807, 2.05) is 0 Å². The first-order valence-electron chi connectivity index (χ1n) is 30.5. The van der Waals surface area contributed by atoms with E-state index in [0.717, 1.165) is 0 Å². The van der Waals surface area contributed by atoms with Crippen LogP contribution in [0.25, 0.3) is 87.6 Å². The van der Waals surface area contributed by atoms with Crippen LogP contribution < -0.4 is 41.5 Å². The molecular formula is C85H62Si2. The van der Waals surface area contributed by atoms with Gasteiger partial charge in [-0.3, -0.25) is 0 Å². The standard InChI is InChI=1S/C85H62Si2/c1-85(2)81-40-24-23-37-75(81)76-51-47-64(58-82(76)85)63-48-52-79-80(57-63)84(66-44-42-62-56-74(50-46-60(62)54-66)87(70-31-15-6-16-32-70,71-33-17-7-18-34-71)72-35-19-8-20-36-72)78-39-22-21-38-77(78)83(79)65-43-41-61-55-73(49-45-59(61)53-65)86(67-25-9-3-10-26-67,68-27-11-4-12-28-68)69-29-13-5-14-30-69/h3-58H,1-2H3. The normalized spacial score (nSPS) is 12.8. The molecule has 87 heavy (non-hydrogen) atoms. The Hall–Kier alpha value is -10.2. The topological polar surface area (TPSA) is 0 Å². The van der Waals surface area contributed by atoms with Gasteiger partial charge in [0.05, 0.1) is 0 Å². The zero-order chi connectivity index (χ0) is 58.1. The maximum Gasteiger partial charge on any atom is 0.179 e. The summed E-state index contributed by atoms with van der Waals surface area (Å²) in [5, 5.41) is 20.8. The lowest BCUT2D eigenvalue weighted by molar-refractivity contribution is 0.660. The summed E-state index contributed by atoms with van der Waals surface area (Å²) in [6, 6.07) is 129. The monoisotopic (exact) mass is 1140 g/mol. The van der Waals surface area contributed by atoms with Crippen molar-refractivity contribution in [3.8, 4) is 44.5 Å². The molecule has 15 aromatic carbocycles. The molecule has 0 saturated heterocycles. The summed E-state index contributed by atoms with van der Waals surface area (Å²) in [5.41, 5.74) is 12.7. The summed E-state index contributed by atoms with van der Waals surface area (Å²) in [6.07, 6.45) is 0. The van der Waals surface area contributed by atoms with Gasteiger partial charge in [0, 0.05) is 5.41 Å². The van der Waals surface area contributed by atoms with Gasteiger partial charge in [-0.2, -0.15) is 0 Å². The molecule has 1 aliphatic carbocycles. The fourth-order valence-corrected chi connectivity index (χ4v) is 24.8. The summed E-state index contributed by atoms with van der Waals surface area (Å²) in [5.74, 6) is 0. The van der Waals surface area contributed by atoms with Gasteiger partial charge in [-0.1, -0.05) is 329 Å². The minimum absolute atomic E-state index is 0.116. The summed E-state index contributed by atoms with van der Waals surface area (Å²) >= 11 is 0. The molecule has 1 aliphatic rings. The van der Waals surface area contributed by atoms with Crippen LogP contribution in [-0.4, -0.2) is 16.1 Å². The highest BCUT2D eigenvalue weighted by Crippen LogP contribution is 2.51. The molecule has 0 spiro atoms. The van der Waals surface area contributed by atoms with Crippen molar-refractivity contribution in [2.45, 2.75) is 19.3 Å². The van der Waals surface area contributed by atoms with Crippen LogP contribution in [0.4, 0.5) is 0 Å². The predicted molar refractivity (Wildman–Crippen MR) is 378 cm³/mol. The fraction of sp³-hybridized carbons (Fsp3) is 0.0353. The Labute approximate surface area is 512 Å². The van der Waals surface area contributed by atoms with Crippen LogP contribution in [0.5, 0.6) is 0 Å². The molecule has 0 nitrogen and oxygen atoms in total. The van der Waals surface area contributed by atoms with Gasteiger partial charge in [0.1, 0.15) is 0 Å². The predicted octanol–water partition coefficient (Wildman–Crippen LogP) is 16.4. The van der Waals surface area contributed by atoms with Gasteiger partial charge in [0.25, 0.3) is 0 Å². The molecule has 0 atom stereocenters. The summed E-state index contributed by atoms with van der Waals surface area (Å²) < 4.78 is 0. The van der Waals surface area contributed by atoms with E-state index in [0.29, 0.717) is 0 Å². The lowest BCUT2D eigenvalue weighted by atomic mass is 9.81. The second kappa shape index (κ2) is 21.1. The lowest BCUT2D eigenvalue weighted by Crippen LogP contribution is -2.74. The number of hydrogen-bond acceptors (Lipinski definition) is 0. The van der Waals surface area contributed by atoms with Crippen molar-refractivity contribution in [3.05, 3.63) is 351 Å². The third-order valence-electron chi connectivity index (χ3n) is 19.3. The Morgan fingerprint density at radius 1 is 0.207 bits per heavy atom. The Morgan fingerprint density at radius 2 is 0.529 bits per heavy atom. The van der Waals surface area contributed by atoms with Gasteiger partial charge in [0.15, 0.2) is 16.1 Å². The fourth-order valence-electron chi connectivity index (χ4n) is 15.3. The average molecular weight is 1140 g/mol. The van der Waals surface area contributed by atoms with E-state index in [1.54, 1.807) is 0 Å². The van der Waals surface area contributed by atoms with Gasteiger partial charge in [-0.05, 0) is 164 Å². The molecule has 0 bridgehead atoms. The third kappa shape index (κ3) is 8.38. The van der Waals surface area contributed by atoms with Gasteiger partial charge in [-0.15, -0.1) is 0 Å². The Bertz CT molecular complexity index is 4900. The van der Waals surface area contributed by atoms with Crippen molar-refractivity contribution in [3.63, 3.8) is 0 Å². The van der Waals surface area contributed by atoms with Crippen LogP contribution in [0.2, 0.25) is 0 Å². The van der Waals surface area contributed by atoms with E-state index in [-0.39, 0.29) is 5.41 Å². The Kier molecular flexibility index (Phi) is 12.7. The van der Waals surface area contributed by atoms with E-state index in [9.17, 15) is 0 Å². The van der Waals surface area contributed by atoms with Crippen molar-refractivity contribution in [1.82, 2.24) is 0 Å². The van der Waals surface area contributed by atoms with Gasteiger partial charge < -0.3 is 0 Å². The quantitative estimate of drug-likeness (QED) is 0.0688. The van der Waals surface area contributed by atoms with Crippen LogP contribution in [0, 0.1) is 0 Å². The number of rotatable bonds is 11. The lowest BCUT2D eigenvalue weighted by Gasteiger charge is -2.34. The highest BCUT2D eigenvalue weighted by Gasteiger charge is 2.43. The van der Waals surface area contributed by atoms with Crippen molar-refractivity contribution in [1.29, 1.82) is 0 Å². The first-order chi connectivity index (χ1) is 42.9. The zero-order valence-electron chi connectivity index (χ0n) is 48.8. The number of benzene rings is 15. The second-order valence-electron chi connectivity index (χ2n) is 24.2. The SMILES string of the molecule is CC1(C)c2ccccc2-c2ccc(-c3ccc4c(-c5ccc6cc([Si](c7ccccc7)(c7ccccc7)c7ccccc7)ccc6c5)c5ccccc5c(-c5ccc6cc([Si](c7ccccc7)(c7ccccc7)c7ccccc7)ccc6c5)c4c3)cc21. The van der Waals surface area contributed by atoms with Crippen molar-refractivity contribution >= 4 is 101 Å². The Balaban J connectivity index is 0.894. The minimum Gasteiger partial charge on any atom is -0.0623 e. The van der Waals surface area contributed by atoms with E-state index in [2.05, 4.69) is 354 Å². The van der Waals surface area contributed by atoms with Crippen LogP contribution >= 0.6 is 0 Å².